The highest BCUT2D eigenvalue weighted by Crippen LogP contribution is 2.46. The molecule has 29 heavy (non-hydrogen) atoms. The molecule has 4 rings (SSSR count). The molecule has 0 aromatic heterocycles. The first-order valence-corrected chi connectivity index (χ1v) is 11.2. The van der Waals surface area contributed by atoms with E-state index in [1.54, 1.807) is 34.9 Å². The minimum absolute atomic E-state index is 0.129. The molecule has 0 unspecified atom stereocenters. The third-order valence-corrected chi connectivity index (χ3v) is 7.49. The van der Waals surface area contributed by atoms with E-state index in [0.29, 0.717) is 34.6 Å². The van der Waals surface area contributed by atoms with Crippen LogP contribution in [0.2, 0.25) is 10.0 Å². The van der Waals surface area contributed by atoms with Crippen molar-refractivity contribution >= 4 is 58.3 Å². The van der Waals surface area contributed by atoms with Crippen molar-refractivity contribution < 1.29 is 9.59 Å². The first-order chi connectivity index (χ1) is 13.9. The molecular formula is C21H21Cl2N3O2S. The lowest BCUT2D eigenvalue weighted by molar-refractivity contribution is -0.116. The van der Waals surface area contributed by atoms with Crippen molar-refractivity contribution in [3.63, 3.8) is 0 Å². The molecule has 0 saturated carbocycles. The fourth-order valence-corrected chi connectivity index (χ4v) is 5.62. The number of nitrogens with one attached hydrogen (secondary N) is 1. The summed E-state index contributed by atoms with van der Waals surface area (Å²) in [6.45, 7) is 3.17. The molecule has 2 aromatic carbocycles. The first kappa shape index (κ1) is 20.4. The molecule has 2 saturated heterocycles. The number of aryl methyl sites for hydroxylation is 1. The Morgan fingerprint density at radius 1 is 1.10 bits per heavy atom. The van der Waals surface area contributed by atoms with Crippen molar-refractivity contribution in [2.24, 2.45) is 0 Å². The molecule has 2 heterocycles. The minimum Gasteiger partial charge on any atom is -0.324 e. The van der Waals surface area contributed by atoms with Crippen LogP contribution in [0.1, 0.15) is 18.4 Å². The number of likely N-dealkylation sites (tertiary alicyclic amines) is 1. The molecule has 0 aliphatic carbocycles. The van der Waals surface area contributed by atoms with Gasteiger partial charge >= 0.3 is 6.03 Å². The Bertz CT molecular complexity index is 943. The Morgan fingerprint density at radius 3 is 2.45 bits per heavy atom. The van der Waals surface area contributed by atoms with Gasteiger partial charge in [0.2, 0.25) is 5.91 Å². The lowest BCUT2D eigenvalue weighted by atomic mass is 10.0. The zero-order valence-electron chi connectivity index (χ0n) is 16.0. The smallest absolute Gasteiger partial charge is 0.321 e. The van der Waals surface area contributed by atoms with Crippen molar-refractivity contribution in [2.45, 2.75) is 24.6 Å². The van der Waals surface area contributed by atoms with Crippen LogP contribution in [-0.2, 0) is 4.79 Å². The second-order valence-electron chi connectivity index (χ2n) is 7.34. The Morgan fingerprint density at radius 2 is 1.79 bits per heavy atom. The standard InChI is InChI=1S/C21H21Cl2N3O2S/c1-14-2-5-16(6-3-14)26-19(27)13-29-21(26)8-10-25(11-9-21)20(28)24-18-7-4-15(22)12-17(18)23/h2-7,12H,8-11,13H2,1H3,(H,24,28). The summed E-state index contributed by atoms with van der Waals surface area (Å²) in [6, 6.07) is 12.8. The van der Waals surface area contributed by atoms with Crippen LogP contribution in [0, 0.1) is 6.92 Å². The molecule has 0 radical (unpaired) electrons. The van der Waals surface area contributed by atoms with Gasteiger partial charge in [-0.3, -0.25) is 9.69 Å². The predicted octanol–water partition coefficient (Wildman–Crippen LogP) is 5.41. The Hall–Kier alpha value is -1.89. The average Bonchev–Trinajstić information content (AvgIpc) is 3.01. The molecule has 5 nitrogen and oxygen atoms in total. The van der Waals surface area contributed by atoms with Crippen LogP contribution >= 0.6 is 35.0 Å². The van der Waals surface area contributed by atoms with Crippen LogP contribution in [0.25, 0.3) is 0 Å². The number of nitrogens with zero attached hydrogens (tertiary/aromatic N) is 2. The van der Waals surface area contributed by atoms with Crippen LogP contribution in [0.4, 0.5) is 16.2 Å². The summed E-state index contributed by atoms with van der Waals surface area (Å²) >= 11 is 13.8. The second kappa shape index (κ2) is 8.09. The first-order valence-electron chi connectivity index (χ1n) is 9.43. The topological polar surface area (TPSA) is 52.7 Å². The molecular weight excluding hydrogens is 429 g/mol. The maximum atomic E-state index is 12.7. The Labute approximate surface area is 184 Å². The number of halogens is 2. The molecule has 2 aromatic rings. The van der Waals surface area contributed by atoms with Gasteiger partial charge in [-0.1, -0.05) is 40.9 Å². The van der Waals surface area contributed by atoms with E-state index < -0.39 is 0 Å². The van der Waals surface area contributed by atoms with Gasteiger partial charge in [0, 0.05) is 23.8 Å². The normalized spacial score (nSPS) is 18.4. The number of hydrogen-bond donors (Lipinski definition) is 1. The van der Waals surface area contributed by atoms with E-state index in [2.05, 4.69) is 5.32 Å². The van der Waals surface area contributed by atoms with E-state index in [4.69, 9.17) is 23.2 Å². The van der Waals surface area contributed by atoms with Crippen LogP contribution in [0.3, 0.4) is 0 Å². The molecule has 2 aliphatic heterocycles. The van der Waals surface area contributed by atoms with Crippen LogP contribution in [0.15, 0.2) is 42.5 Å². The van der Waals surface area contributed by atoms with Gasteiger partial charge in [-0.2, -0.15) is 0 Å². The number of piperidine rings is 1. The lowest BCUT2D eigenvalue weighted by Crippen LogP contribution is -2.53. The molecule has 0 bridgehead atoms. The molecule has 1 spiro atoms. The third-order valence-electron chi connectivity index (χ3n) is 5.42. The summed E-state index contributed by atoms with van der Waals surface area (Å²) in [4.78, 5) is 28.8. The molecule has 3 amide bonds. The summed E-state index contributed by atoms with van der Waals surface area (Å²) in [5.41, 5.74) is 2.62. The lowest BCUT2D eigenvalue weighted by Gasteiger charge is -2.43. The molecule has 2 fully saturated rings. The fraction of sp³-hybridized carbons (Fsp3) is 0.333. The molecule has 0 atom stereocenters. The predicted molar refractivity (Wildman–Crippen MR) is 120 cm³/mol. The van der Waals surface area contributed by atoms with Crippen LogP contribution < -0.4 is 10.2 Å². The number of amides is 3. The summed E-state index contributed by atoms with van der Waals surface area (Å²) in [5, 5.41) is 3.78. The number of carbonyl (C=O) groups excluding carboxylic acids is 2. The van der Waals surface area contributed by atoms with E-state index in [9.17, 15) is 9.59 Å². The van der Waals surface area contributed by atoms with Gasteiger partial charge in [-0.15, -0.1) is 11.8 Å². The summed E-state index contributed by atoms with van der Waals surface area (Å²) < 4.78 is 0. The van der Waals surface area contributed by atoms with Gasteiger partial charge in [0.05, 0.1) is 21.3 Å². The zero-order valence-corrected chi connectivity index (χ0v) is 18.3. The van der Waals surface area contributed by atoms with Gasteiger partial charge in [-0.05, 0) is 50.1 Å². The highest BCUT2D eigenvalue weighted by Gasteiger charge is 2.49. The highest BCUT2D eigenvalue weighted by molar-refractivity contribution is 8.02. The molecule has 152 valence electrons. The fourth-order valence-electron chi connectivity index (χ4n) is 3.84. The molecule has 8 heteroatoms. The number of thioether (sulfide) groups is 1. The number of hydrogen-bond acceptors (Lipinski definition) is 3. The van der Waals surface area contributed by atoms with Gasteiger partial charge in [0.1, 0.15) is 0 Å². The van der Waals surface area contributed by atoms with E-state index in [1.807, 2.05) is 36.1 Å². The van der Waals surface area contributed by atoms with Gasteiger partial charge in [0.15, 0.2) is 0 Å². The number of benzene rings is 2. The monoisotopic (exact) mass is 449 g/mol. The summed E-state index contributed by atoms with van der Waals surface area (Å²) in [7, 11) is 0. The number of rotatable bonds is 2. The average molecular weight is 450 g/mol. The highest BCUT2D eigenvalue weighted by atomic mass is 35.5. The Balaban J connectivity index is 1.45. The minimum atomic E-state index is -0.291. The van der Waals surface area contributed by atoms with Crippen molar-refractivity contribution in [3.8, 4) is 0 Å². The maximum absolute atomic E-state index is 12.7. The van der Waals surface area contributed by atoms with E-state index >= 15 is 0 Å². The van der Waals surface area contributed by atoms with Crippen molar-refractivity contribution in [1.82, 2.24) is 4.90 Å². The van der Waals surface area contributed by atoms with Crippen molar-refractivity contribution in [3.05, 3.63) is 58.1 Å². The SMILES string of the molecule is Cc1ccc(N2C(=O)CSC23CCN(C(=O)Nc2ccc(Cl)cc2Cl)CC3)cc1. The zero-order chi connectivity index (χ0) is 20.6. The van der Waals surface area contributed by atoms with Gasteiger partial charge in [-0.25, -0.2) is 4.79 Å². The van der Waals surface area contributed by atoms with Gasteiger partial charge < -0.3 is 10.2 Å². The van der Waals surface area contributed by atoms with Crippen molar-refractivity contribution in [2.75, 3.05) is 29.1 Å². The van der Waals surface area contributed by atoms with Crippen LogP contribution in [-0.4, -0.2) is 40.6 Å². The summed E-state index contributed by atoms with van der Waals surface area (Å²) in [6.07, 6.45) is 1.44. The Kier molecular flexibility index (Phi) is 5.69. The third kappa shape index (κ3) is 4.06. The number of anilines is 2. The number of urea groups is 1. The van der Waals surface area contributed by atoms with Crippen LogP contribution in [0.5, 0.6) is 0 Å². The quantitative estimate of drug-likeness (QED) is 0.666. The van der Waals surface area contributed by atoms with E-state index in [-0.39, 0.29) is 16.8 Å². The summed E-state index contributed by atoms with van der Waals surface area (Å²) in [5.74, 6) is 0.602. The maximum Gasteiger partial charge on any atom is 0.321 e. The van der Waals surface area contributed by atoms with E-state index in [0.717, 1.165) is 24.1 Å². The van der Waals surface area contributed by atoms with Crippen molar-refractivity contribution in [1.29, 1.82) is 0 Å². The largest absolute Gasteiger partial charge is 0.324 e. The molecule has 1 N–H and O–H groups in total. The molecule has 2 aliphatic rings. The number of carbonyl (C=O) groups is 2. The second-order valence-corrected chi connectivity index (χ2v) is 9.52. The van der Waals surface area contributed by atoms with Gasteiger partial charge in [0.25, 0.3) is 0 Å². The van der Waals surface area contributed by atoms with E-state index in [1.165, 1.54) is 0 Å².